The molecule has 0 atom stereocenters. The third-order valence-electron chi connectivity index (χ3n) is 3.70. The number of ether oxygens (including phenoxy) is 2. The first-order valence-electron chi connectivity index (χ1n) is 6.15. The first kappa shape index (κ1) is 11.6. The summed E-state index contributed by atoms with van der Waals surface area (Å²) >= 11 is 0. The lowest BCUT2D eigenvalue weighted by Crippen LogP contribution is -2.35. The second-order valence-electron chi connectivity index (χ2n) is 4.77. The summed E-state index contributed by atoms with van der Waals surface area (Å²) in [6.45, 7) is 1.33. The molecule has 18 heavy (non-hydrogen) atoms. The molecule has 0 unspecified atom stereocenters. The quantitative estimate of drug-likeness (QED) is 0.591. The molecule has 1 aromatic heterocycles. The highest BCUT2D eigenvalue weighted by Gasteiger charge is 2.40. The smallest absolute Gasteiger partial charge is 0.307 e. The van der Waals surface area contributed by atoms with Gasteiger partial charge in [-0.3, -0.25) is 14.8 Å². The predicted octanol–water partition coefficient (Wildman–Crippen LogP) is 1.65. The van der Waals surface area contributed by atoms with Crippen molar-refractivity contribution in [1.29, 1.82) is 0 Å². The molecule has 3 rings (SSSR count). The lowest BCUT2D eigenvalue weighted by atomic mass is 9.90. The topological polar surface area (TPSA) is 79.4 Å². The van der Waals surface area contributed by atoms with Gasteiger partial charge in [0.15, 0.2) is 5.79 Å². The molecule has 0 amide bonds. The Bertz CT molecular complexity index is 443. The van der Waals surface area contributed by atoms with Crippen LogP contribution in [0, 0.1) is 10.1 Å². The molecule has 0 N–H and O–H groups in total. The first-order valence-corrected chi connectivity index (χ1v) is 6.15. The van der Waals surface area contributed by atoms with Crippen molar-refractivity contribution in [1.82, 2.24) is 9.78 Å². The minimum absolute atomic E-state index is 0.0450. The summed E-state index contributed by atoms with van der Waals surface area (Å²) in [6.07, 6.45) is 6.19. The molecular formula is C11H15N3O4. The largest absolute Gasteiger partial charge is 0.348 e. The van der Waals surface area contributed by atoms with Crippen LogP contribution in [0.1, 0.15) is 31.7 Å². The standard InChI is InChI=1S/C11H15N3O4/c15-14(16)10-7-12-13(8-10)9-1-3-11(4-2-9)17-5-6-18-11/h7-9H,1-6H2. The van der Waals surface area contributed by atoms with Crippen LogP contribution in [0.25, 0.3) is 0 Å². The Morgan fingerprint density at radius 2 is 2.06 bits per heavy atom. The molecule has 1 aliphatic carbocycles. The molecule has 0 aromatic carbocycles. The van der Waals surface area contributed by atoms with Gasteiger partial charge < -0.3 is 9.47 Å². The van der Waals surface area contributed by atoms with E-state index in [-0.39, 0.29) is 11.7 Å². The van der Waals surface area contributed by atoms with E-state index < -0.39 is 10.7 Å². The van der Waals surface area contributed by atoms with Crippen molar-refractivity contribution < 1.29 is 14.4 Å². The number of hydrogen-bond acceptors (Lipinski definition) is 5. The third kappa shape index (κ3) is 1.99. The Balaban J connectivity index is 1.66. The lowest BCUT2D eigenvalue weighted by molar-refractivity contribution is -0.385. The van der Waals surface area contributed by atoms with E-state index in [4.69, 9.17) is 9.47 Å². The lowest BCUT2D eigenvalue weighted by Gasteiger charge is -2.35. The van der Waals surface area contributed by atoms with Gasteiger partial charge in [0, 0.05) is 12.8 Å². The molecule has 1 aliphatic heterocycles. The summed E-state index contributed by atoms with van der Waals surface area (Å²) in [5.74, 6) is -0.393. The number of nitrogens with zero attached hydrogens (tertiary/aromatic N) is 3. The normalized spacial score (nSPS) is 23.6. The van der Waals surface area contributed by atoms with Crippen molar-refractivity contribution in [2.75, 3.05) is 13.2 Å². The minimum atomic E-state index is -0.420. The zero-order valence-corrected chi connectivity index (χ0v) is 9.95. The first-order chi connectivity index (χ1) is 8.69. The van der Waals surface area contributed by atoms with E-state index in [0.29, 0.717) is 13.2 Å². The van der Waals surface area contributed by atoms with Gasteiger partial charge in [0.1, 0.15) is 12.4 Å². The molecule has 7 heteroatoms. The van der Waals surface area contributed by atoms with Crippen molar-refractivity contribution >= 4 is 5.69 Å². The van der Waals surface area contributed by atoms with E-state index in [9.17, 15) is 10.1 Å². The minimum Gasteiger partial charge on any atom is -0.348 e. The molecule has 2 aliphatic rings. The monoisotopic (exact) mass is 253 g/mol. The van der Waals surface area contributed by atoms with Crippen molar-refractivity contribution in [3.8, 4) is 0 Å². The van der Waals surface area contributed by atoms with Crippen molar-refractivity contribution in [3.05, 3.63) is 22.5 Å². The number of rotatable bonds is 2. The molecule has 1 saturated heterocycles. The van der Waals surface area contributed by atoms with E-state index in [2.05, 4.69) is 5.10 Å². The average molecular weight is 253 g/mol. The van der Waals surface area contributed by atoms with Gasteiger partial charge in [0.05, 0.1) is 24.2 Å². The third-order valence-corrected chi connectivity index (χ3v) is 3.70. The van der Waals surface area contributed by atoms with Crippen LogP contribution in [0.4, 0.5) is 5.69 Å². The van der Waals surface area contributed by atoms with Gasteiger partial charge in [-0.2, -0.15) is 5.10 Å². The fourth-order valence-electron chi connectivity index (χ4n) is 2.71. The predicted molar refractivity (Wildman–Crippen MR) is 61.0 cm³/mol. The Labute approximate surface area is 104 Å². The molecule has 0 radical (unpaired) electrons. The number of aromatic nitrogens is 2. The van der Waals surface area contributed by atoms with Crippen molar-refractivity contribution in [3.63, 3.8) is 0 Å². The summed E-state index contributed by atoms with van der Waals surface area (Å²) in [4.78, 5) is 10.2. The van der Waals surface area contributed by atoms with Gasteiger partial charge in [-0.05, 0) is 12.8 Å². The highest BCUT2D eigenvalue weighted by molar-refractivity contribution is 5.21. The summed E-state index contributed by atoms with van der Waals surface area (Å²) in [5.41, 5.74) is 0.0450. The molecule has 1 saturated carbocycles. The molecular weight excluding hydrogens is 238 g/mol. The van der Waals surface area contributed by atoms with Crippen LogP contribution in [0.15, 0.2) is 12.4 Å². The van der Waals surface area contributed by atoms with Crippen LogP contribution in [0.5, 0.6) is 0 Å². The van der Waals surface area contributed by atoms with Crippen LogP contribution < -0.4 is 0 Å². The molecule has 98 valence electrons. The van der Waals surface area contributed by atoms with Gasteiger partial charge in [-0.1, -0.05) is 0 Å². The Morgan fingerprint density at radius 3 is 2.61 bits per heavy atom. The van der Waals surface area contributed by atoms with E-state index >= 15 is 0 Å². The Morgan fingerprint density at radius 1 is 1.39 bits per heavy atom. The zero-order chi connectivity index (χ0) is 12.6. The van der Waals surface area contributed by atoms with Crippen LogP contribution in [-0.4, -0.2) is 33.7 Å². The van der Waals surface area contributed by atoms with E-state index in [1.54, 1.807) is 4.68 Å². The Hall–Kier alpha value is -1.47. The molecule has 2 heterocycles. The summed E-state index contributed by atoms with van der Waals surface area (Å²) < 4.78 is 13.0. The van der Waals surface area contributed by atoms with E-state index in [1.807, 2.05) is 0 Å². The van der Waals surface area contributed by atoms with Gasteiger partial charge in [0.2, 0.25) is 0 Å². The van der Waals surface area contributed by atoms with Crippen LogP contribution in [-0.2, 0) is 9.47 Å². The molecule has 0 bridgehead atoms. The highest BCUT2D eigenvalue weighted by Crippen LogP contribution is 2.40. The molecule has 1 aromatic rings. The van der Waals surface area contributed by atoms with Crippen LogP contribution in [0.2, 0.25) is 0 Å². The van der Waals surface area contributed by atoms with E-state index in [0.717, 1.165) is 25.7 Å². The van der Waals surface area contributed by atoms with Gasteiger partial charge >= 0.3 is 5.69 Å². The summed E-state index contributed by atoms with van der Waals surface area (Å²) in [6, 6.07) is 0.206. The van der Waals surface area contributed by atoms with Gasteiger partial charge in [-0.25, -0.2) is 0 Å². The zero-order valence-electron chi connectivity index (χ0n) is 9.95. The van der Waals surface area contributed by atoms with Crippen LogP contribution in [0.3, 0.4) is 0 Å². The van der Waals surface area contributed by atoms with Crippen molar-refractivity contribution in [2.24, 2.45) is 0 Å². The average Bonchev–Trinajstić information content (AvgIpc) is 3.00. The highest BCUT2D eigenvalue weighted by atomic mass is 16.7. The second-order valence-corrected chi connectivity index (χ2v) is 4.77. The maximum absolute atomic E-state index is 10.6. The summed E-state index contributed by atoms with van der Waals surface area (Å²) in [7, 11) is 0. The summed E-state index contributed by atoms with van der Waals surface area (Å²) in [5, 5.41) is 14.7. The van der Waals surface area contributed by atoms with Gasteiger partial charge in [-0.15, -0.1) is 0 Å². The molecule has 1 spiro atoms. The Kier molecular flexibility index (Phi) is 2.79. The van der Waals surface area contributed by atoms with Crippen molar-refractivity contribution in [2.45, 2.75) is 37.5 Å². The second kappa shape index (κ2) is 4.33. The maximum Gasteiger partial charge on any atom is 0.307 e. The number of hydrogen-bond donors (Lipinski definition) is 0. The fourth-order valence-corrected chi connectivity index (χ4v) is 2.71. The molecule has 7 nitrogen and oxygen atoms in total. The van der Waals surface area contributed by atoms with Gasteiger partial charge in [0.25, 0.3) is 0 Å². The van der Waals surface area contributed by atoms with E-state index in [1.165, 1.54) is 12.4 Å². The maximum atomic E-state index is 10.6. The molecule has 2 fully saturated rings. The number of nitro groups is 1. The van der Waals surface area contributed by atoms with Crippen LogP contribution >= 0.6 is 0 Å². The fraction of sp³-hybridized carbons (Fsp3) is 0.727. The SMILES string of the molecule is O=[N+]([O-])c1cnn(C2CCC3(CC2)OCCO3)c1.